The Kier molecular flexibility index (Phi) is 7.38. The molecule has 25 heavy (non-hydrogen) atoms. The summed E-state index contributed by atoms with van der Waals surface area (Å²) in [7, 11) is 0. The second-order valence-electron chi connectivity index (χ2n) is 4.90. The average Bonchev–Trinajstić information content (AvgIpc) is 2.59. The molecular formula is C17H12Cl4O4. The van der Waals surface area contributed by atoms with E-state index in [0.29, 0.717) is 32.7 Å². The van der Waals surface area contributed by atoms with Gasteiger partial charge in [0.25, 0.3) is 0 Å². The van der Waals surface area contributed by atoms with E-state index in [1.807, 2.05) is 0 Å². The number of rotatable bonds is 6. The minimum absolute atomic E-state index is 0.261. The molecule has 0 amide bonds. The molecule has 0 N–H and O–H groups in total. The molecule has 0 spiro atoms. The van der Waals surface area contributed by atoms with Crippen molar-refractivity contribution in [1.82, 2.24) is 0 Å². The highest BCUT2D eigenvalue weighted by Crippen LogP contribution is 2.31. The van der Waals surface area contributed by atoms with E-state index in [4.69, 9.17) is 55.9 Å². The molecule has 0 radical (unpaired) electrons. The van der Waals surface area contributed by atoms with Crippen molar-refractivity contribution in [3.8, 4) is 11.5 Å². The molecule has 0 fully saturated rings. The Morgan fingerprint density at radius 1 is 0.760 bits per heavy atom. The summed E-state index contributed by atoms with van der Waals surface area (Å²) < 4.78 is 10.4. The summed E-state index contributed by atoms with van der Waals surface area (Å²) in [6, 6.07) is 9.61. The van der Waals surface area contributed by atoms with Gasteiger partial charge in [0.2, 0.25) is 0 Å². The number of hydrogen-bond donors (Lipinski definition) is 0. The molecule has 2 aromatic carbocycles. The van der Waals surface area contributed by atoms with Gasteiger partial charge in [-0.25, -0.2) is 0 Å². The molecule has 0 aliphatic heterocycles. The van der Waals surface area contributed by atoms with E-state index in [1.165, 1.54) is 0 Å². The summed E-state index contributed by atoms with van der Waals surface area (Å²) in [5.74, 6) is -1.13. The summed E-state index contributed by atoms with van der Waals surface area (Å²) in [6.07, 6.45) is 0.261. The van der Waals surface area contributed by atoms with E-state index in [1.54, 1.807) is 36.4 Å². The first-order chi connectivity index (χ1) is 11.9. The molecule has 0 saturated heterocycles. The van der Waals surface area contributed by atoms with Gasteiger partial charge >= 0.3 is 11.9 Å². The van der Waals surface area contributed by atoms with E-state index in [9.17, 15) is 9.59 Å². The summed E-state index contributed by atoms with van der Waals surface area (Å²) in [6.45, 7) is 0. The second kappa shape index (κ2) is 9.30. The van der Waals surface area contributed by atoms with Crippen LogP contribution in [0.15, 0.2) is 36.4 Å². The van der Waals surface area contributed by atoms with Gasteiger partial charge in [-0.1, -0.05) is 23.2 Å². The van der Waals surface area contributed by atoms with Crippen LogP contribution in [0, 0.1) is 0 Å². The molecule has 0 unspecified atom stereocenters. The first-order valence-electron chi connectivity index (χ1n) is 7.03. The maximum Gasteiger partial charge on any atom is 0.326 e. The standard InChI is InChI=1S/C17H12Cl4O4/c18-8-16(22)24-14-3-1-12(20)6-10(14)5-11-7-13(21)2-4-15(11)25-17(23)9-19/h1-4,6-7H,5,8-9H2. The number of esters is 2. The zero-order chi connectivity index (χ0) is 18.4. The summed E-state index contributed by atoms with van der Waals surface area (Å²) in [5, 5.41) is 0.920. The zero-order valence-electron chi connectivity index (χ0n) is 12.7. The normalized spacial score (nSPS) is 10.4. The van der Waals surface area contributed by atoms with Crippen LogP contribution in [0.5, 0.6) is 11.5 Å². The van der Waals surface area contributed by atoms with Gasteiger partial charge in [0, 0.05) is 27.6 Å². The number of halogens is 4. The minimum atomic E-state index is -0.592. The third-order valence-electron chi connectivity index (χ3n) is 3.09. The van der Waals surface area contributed by atoms with Gasteiger partial charge in [-0.2, -0.15) is 0 Å². The van der Waals surface area contributed by atoms with E-state index in [-0.39, 0.29) is 18.2 Å². The highest BCUT2D eigenvalue weighted by Gasteiger charge is 2.15. The quantitative estimate of drug-likeness (QED) is 0.379. The van der Waals surface area contributed by atoms with Crippen molar-refractivity contribution in [2.75, 3.05) is 11.8 Å². The van der Waals surface area contributed by atoms with Crippen molar-refractivity contribution in [2.45, 2.75) is 6.42 Å². The van der Waals surface area contributed by atoms with Gasteiger partial charge in [0.1, 0.15) is 23.3 Å². The van der Waals surface area contributed by atoms with Crippen LogP contribution in [-0.4, -0.2) is 23.7 Å². The number of hydrogen-bond acceptors (Lipinski definition) is 4. The monoisotopic (exact) mass is 420 g/mol. The lowest BCUT2D eigenvalue weighted by Crippen LogP contribution is -2.12. The molecule has 0 aliphatic rings. The number of benzene rings is 2. The maximum atomic E-state index is 11.5. The number of alkyl halides is 2. The third-order valence-corrected chi connectivity index (χ3v) is 4.00. The minimum Gasteiger partial charge on any atom is -0.425 e. The molecule has 8 heteroatoms. The highest BCUT2D eigenvalue weighted by molar-refractivity contribution is 6.31. The van der Waals surface area contributed by atoms with E-state index >= 15 is 0 Å². The van der Waals surface area contributed by atoms with Crippen LogP contribution >= 0.6 is 46.4 Å². The maximum absolute atomic E-state index is 11.5. The zero-order valence-corrected chi connectivity index (χ0v) is 15.8. The van der Waals surface area contributed by atoms with Crippen molar-refractivity contribution in [1.29, 1.82) is 0 Å². The number of carbonyl (C=O) groups is 2. The molecule has 2 rings (SSSR count). The predicted octanol–water partition coefficient (Wildman–Crippen LogP) is 4.87. The molecule has 4 nitrogen and oxygen atoms in total. The van der Waals surface area contributed by atoms with Crippen LogP contribution in [0.25, 0.3) is 0 Å². The van der Waals surface area contributed by atoms with Crippen LogP contribution in [0.3, 0.4) is 0 Å². The van der Waals surface area contributed by atoms with Crippen molar-refractivity contribution < 1.29 is 19.1 Å². The van der Waals surface area contributed by atoms with Gasteiger partial charge < -0.3 is 9.47 Å². The molecule has 0 saturated carbocycles. The number of carbonyl (C=O) groups excluding carboxylic acids is 2. The van der Waals surface area contributed by atoms with Crippen LogP contribution in [-0.2, 0) is 16.0 Å². The van der Waals surface area contributed by atoms with Gasteiger partial charge in [-0.05, 0) is 36.4 Å². The summed E-state index contributed by atoms with van der Waals surface area (Å²) in [5.41, 5.74) is 1.22. The van der Waals surface area contributed by atoms with Crippen molar-refractivity contribution >= 4 is 58.3 Å². The van der Waals surface area contributed by atoms with E-state index in [2.05, 4.69) is 0 Å². The first kappa shape index (κ1) is 19.9. The molecular weight excluding hydrogens is 410 g/mol. The lowest BCUT2D eigenvalue weighted by atomic mass is 10.0. The Balaban J connectivity index is 2.38. The van der Waals surface area contributed by atoms with Gasteiger partial charge in [0.05, 0.1) is 0 Å². The fourth-order valence-corrected chi connectivity index (χ4v) is 2.58. The third kappa shape index (κ3) is 5.79. The Bertz CT molecular complexity index is 727. The average molecular weight is 422 g/mol. The topological polar surface area (TPSA) is 52.6 Å². The summed E-state index contributed by atoms with van der Waals surface area (Å²) in [4.78, 5) is 23.0. The fourth-order valence-electron chi connectivity index (χ4n) is 2.08. The Morgan fingerprint density at radius 3 is 1.52 bits per heavy atom. The molecule has 0 heterocycles. The van der Waals surface area contributed by atoms with Gasteiger partial charge in [0.15, 0.2) is 0 Å². The lowest BCUT2D eigenvalue weighted by molar-refractivity contribution is -0.132. The molecule has 2 aromatic rings. The molecule has 0 atom stereocenters. The smallest absolute Gasteiger partial charge is 0.326 e. The van der Waals surface area contributed by atoms with Gasteiger partial charge in [-0.3, -0.25) is 9.59 Å². The Hall–Kier alpha value is -1.46. The molecule has 0 aliphatic carbocycles. The first-order valence-corrected chi connectivity index (χ1v) is 8.85. The predicted molar refractivity (Wildman–Crippen MR) is 98.4 cm³/mol. The molecule has 0 bridgehead atoms. The molecule has 0 aromatic heterocycles. The van der Waals surface area contributed by atoms with E-state index in [0.717, 1.165) is 0 Å². The van der Waals surface area contributed by atoms with Crippen LogP contribution in [0.4, 0.5) is 0 Å². The van der Waals surface area contributed by atoms with E-state index < -0.39 is 11.9 Å². The SMILES string of the molecule is O=C(CCl)Oc1ccc(Cl)cc1Cc1cc(Cl)ccc1OC(=O)CCl. The highest BCUT2D eigenvalue weighted by atomic mass is 35.5. The second-order valence-corrected chi connectivity index (χ2v) is 6.30. The van der Waals surface area contributed by atoms with Crippen LogP contribution in [0.2, 0.25) is 10.0 Å². The lowest BCUT2D eigenvalue weighted by Gasteiger charge is -2.13. The van der Waals surface area contributed by atoms with Gasteiger partial charge in [-0.15, -0.1) is 23.2 Å². The van der Waals surface area contributed by atoms with Crippen molar-refractivity contribution in [3.63, 3.8) is 0 Å². The van der Waals surface area contributed by atoms with Crippen molar-refractivity contribution in [2.24, 2.45) is 0 Å². The van der Waals surface area contributed by atoms with Crippen LogP contribution in [0.1, 0.15) is 11.1 Å². The molecule has 132 valence electrons. The Morgan fingerprint density at radius 2 is 1.16 bits per heavy atom. The van der Waals surface area contributed by atoms with Crippen molar-refractivity contribution in [3.05, 3.63) is 57.6 Å². The number of ether oxygens (including phenoxy) is 2. The Labute approximate surface area is 164 Å². The largest absolute Gasteiger partial charge is 0.425 e. The van der Waals surface area contributed by atoms with Crippen LogP contribution < -0.4 is 9.47 Å². The summed E-state index contributed by atoms with van der Waals surface area (Å²) >= 11 is 23.0. The fraction of sp³-hybridized carbons (Fsp3) is 0.176.